The molecule has 3 aromatic heterocycles. The Balaban J connectivity index is 1.80. The number of fused-ring (bicyclic) bond motifs is 4. The van der Waals surface area contributed by atoms with Crippen LogP contribution in [0.2, 0.25) is 10.0 Å². The van der Waals surface area contributed by atoms with Crippen molar-refractivity contribution in [3.05, 3.63) is 69.2 Å². The molecule has 0 spiro atoms. The van der Waals surface area contributed by atoms with Crippen molar-refractivity contribution >= 4 is 56.4 Å². The lowest BCUT2D eigenvalue weighted by molar-refractivity contribution is 0.141. The van der Waals surface area contributed by atoms with Crippen LogP contribution in [-0.2, 0) is 11.3 Å². The smallest absolute Gasteiger partial charge is 0.265 e. The normalized spacial score (nSPS) is 11.7. The molecule has 5 aromatic rings. The Hall–Kier alpha value is -3.00. The summed E-state index contributed by atoms with van der Waals surface area (Å²) in [6, 6.07) is 12.8. The fourth-order valence-electron chi connectivity index (χ4n) is 3.78. The summed E-state index contributed by atoms with van der Waals surface area (Å²) in [4.78, 5) is 27.7. The Labute approximate surface area is 193 Å². The van der Waals surface area contributed by atoms with Gasteiger partial charge in [-0.1, -0.05) is 35.3 Å². The Morgan fingerprint density at radius 2 is 1.78 bits per heavy atom. The molecule has 0 radical (unpaired) electrons. The number of nitrogens with zero attached hydrogens (tertiary/aromatic N) is 5. The van der Waals surface area contributed by atoms with Crippen LogP contribution in [0.4, 0.5) is 0 Å². The summed E-state index contributed by atoms with van der Waals surface area (Å²) >= 11 is 12.4. The quantitative estimate of drug-likeness (QED) is 0.327. The Morgan fingerprint density at radius 1 is 1.00 bits per heavy atom. The molecule has 2 aromatic carbocycles. The van der Waals surface area contributed by atoms with Crippen molar-refractivity contribution in [3.8, 4) is 5.69 Å². The van der Waals surface area contributed by atoms with Crippen LogP contribution in [0.1, 0.15) is 13.3 Å². The van der Waals surface area contributed by atoms with Crippen LogP contribution in [0, 0.1) is 0 Å². The molecule has 0 saturated carbocycles. The van der Waals surface area contributed by atoms with Crippen LogP contribution in [0.5, 0.6) is 0 Å². The van der Waals surface area contributed by atoms with Gasteiger partial charge >= 0.3 is 0 Å². The van der Waals surface area contributed by atoms with Crippen molar-refractivity contribution in [2.75, 3.05) is 13.2 Å². The molecule has 0 unspecified atom stereocenters. The molecule has 0 aliphatic rings. The lowest BCUT2D eigenvalue weighted by atomic mass is 10.3. The van der Waals surface area contributed by atoms with E-state index < -0.39 is 0 Å². The van der Waals surface area contributed by atoms with E-state index in [-0.39, 0.29) is 5.56 Å². The number of aromatic nitrogens is 5. The first kappa shape index (κ1) is 20.9. The molecular formula is C23H19Cl2N5O2. The highest BCUT2D eigenvalue weighted by Gasteiger charge is 2.21. The molecular weight excluding hydrogens is 449 g/mol. The van der Waals surface area contributed by atoms with Crippen molar-refractivity contribution in [1.82, 2.24) is 24.1 Å². The first-order chi connectivity index (χ1) is 15.6. The molecule has 3 heterocycles. The molecule has 5 rings (SSSR count). The van der Waals surface area contributed by atoms with E-state index in [0.29, 0.717) is 69.6 Å². The first-order valence-electron chi connectivity index (χ1n) is 10.3. The van der Waals surface area contributed by atoms with E-state index in [2.05, 4.69) is 4.98 Å². The van der Waals surface area contributed by atoms with E-state index in [4.69, 9.17) is 37.9 Å². The van der Waals surface area contributed by atoms with Gasteiger partial charge in [0.1, 0.15) is 10.9 Å². The van der Waals surface area contributed by atoms with Gasteiger partial charge in [-0.25, -0.2) is 15.0 Å². The largest absolute Gasteiger partial charge is 0.382 e. The van der Waals surface area contributed by atoms with Crippen LogP contribution in [0.25, 0.3) is 38.9 Å². The second-order valence-corrected chi connectivity index (χ2v) is 8.12. The monoisotopic (exact) mass is 467 g/mol. The van der Waals surface area contributed by atoms with Gasteiger partial charge in [0, 0.05) is 19.8 Å². The first-order valence-corrected chi connectivity index (χ1v) is 11.0. The number of aryl methyl sites for hydroxylation is 1. The van der Waals surface area contributed by atoms with Crippen LogP contribution >= 0.6 is 23.2 Å². The molecule has 162 valence electrons. The second kappa shape index (κ2) is 8.50. The highest BCUT2D eigenvalue weighted by molar-refractivity contribution is 6.42. The predicted octanol–water partition coefficient (Wildman–Crippen LogP) is 5.02. The van der Waals surface area contributed by atoms with Crippen LogP contribution in [-0.4, -0.2) is 37.3 Å². The highest BCUT2D eigenvalue weighted by Crippen LogP contribution is 2.31. The van der Waals surface area contributed by atoms with Gasteiger partial charge in [0.05, 0.1) is 33.1 Å². The van der Waals surface area contributed by atoms with Gasteiger partial charge in [-0.3, -0.25) is 13.9 Å². The van der Waals surface area contributed by atoms with Gasteiger partial charge in [-0.05, 0) is 43.7 Å². The average Bonchev–Trinajstić information content (AvgIpc) is 3.12. The maximum Gasteiger partial charge on any atom is 0.265 e. The zero-order valence-electron chi connectivity index (χ0n) is 17.3. The van der Waals surface area contributed by atoms with E-state index in [1.54, 1.807) is 27.6 Å². The highest BCUT2D eigenvalue weighted by atomic mass is 35.5. The molecule has 0 amide bonds. The van der Waals surface area contributed by atoms with Crippen molar-refractivity contribution in [2.24, 2.45) is 0 Å². The molecule has 0 fully saturated rings. The van der Waals surface area contributed by atoms with E-state index >= 15 is 0 Å². The maximum atomic E-state index is 13.5. The summed E-state index contributed by atoms with van der Waals surface area (Å²) in [6.45, 7) is 3.67. The van der Waals surface area contributed by atoms with Gasteiger partial charge in [0.15, 0.2) is 11.3 Å². The molecule has 0 atom stereocenters. The Kier molecular flexibility index (Phi) is 5.55. The summed E-state index contributed by atoms with van der Waals surface area (Å²) in [5, 5.41) is 1.26. The minimum Gasteiger partial charge on any atom is -0.382 e. The summed E-state index contributed by atoms with van der Waals surface area (Å²) in [5.74, 6) is 0. The lowest BCUT2D eigenvalue weighted by Crippen LogP contribution is -2.21. The predicted molar refractivity (Wildman–Crippen MR) is 127 cm³/mol. The third kappa shape index (κ3) is 3.52. The fraction of sp³-hybridized carbons (Fsp3) is 0.217. The average molecular weight is 468 g/mol. The molecule has 0 aliphatic heterocycles. The summed E-state index contributed by atoms with van der Waals surface area (Å²) in [7, 11) is 0. The number of halogens is 2. The number of hydrogen-bond acceptors (Lipinski definition) is 5. The zero-order valence-corrected chi connectivity index (χ0v) is 18.8. The SMILES string of the molecule is CCOCCCn1cnc2c(c1=O)c1nc3ccccc3nc1n2-c1ccc(Cl)c(Cl)c1. The Morgan fingerprint density at radius 3 is 2.53 bits per heavy atom. The molecule has 32 heavy (non-hydrogen) atoms. The third-order valence-electron chi connectivity index (χ3n) is 5.28. The minimum atomic E-state index is -0.167. The van der Waals surface area contributed by atoms with Crippen LogP contribution < -0.4 is 5.56 Å². The number of rotatable bonds is 6. The number of hydrogen-bond donors (Lipinski definition) is 0. The summed E-state index contributed by atoms with van der Waals surface area (Å²) in [6.07, 6.45) is 2.27. The standard InChI is InChI=1S/C23H19Cl2N5O2/c1-2-32-11-5-10-29-13-26-21-19(23(29)31)20-22(28-18-7-4-3-6-17(18)27-20)30(21)14-8-9-15(24)16(25)12-14/h3-4,6-9,12-13H,2,5,10-11H2,1H3. The lowest BCUT2D eigenvalue weighted by Gasteiger charge is -2.09. The van der Waals surface area contributed by atoms with Gasteiger partial charge < -0.3 is 4.74 Å². The van der Waals surface area contributed by atoms with E-state index in [1.807, 2.05) is 37.3 Å². The third-order valence-corrected chi connectivity index (χ3v) is 6.02. The van der Waals surface area contributed by atoms with E-state index in [9.17, 15) is 4.79 Å². The number of para-hydroxylation sites is 2. The van der Waals surface area contributed by atoms with Gasteiger partial charge in [0.25, 0.3) is 5.56 Å². The fourth-order valence-corrected chi connectivity index (χ4v) is 4.07. The zero-order chi connectivity index (χ0) is 22.2. The van der Waals surface area contributed by atoms with Crippen molar-refractivity contribution in [2.45, 2.75) is 19.9 Å². The molecule has 9 heteroatoms. The number of benzene rings is 2. The molecule has 0 saturated heterocycles. The van der Waals surface area contributed by atoms with Crippen molar-refractivity contribution in [1.29, 1.82) is 0 Å². The second-order valence-electron chi connectivity index (χ2n) is 7.31. The van der Waals surface area contributed by atoms with Crippen molar-refractivity contribution < 1.29 is 4.74 Å². The molecule has 0 aliphatic carbocycles. The number of ether oxygens (including phenoxy) is 1. The summed E-state index contributed by atoms with van der Waals surface area (Å²) < 4.78 is 8.80. The molecule has 7 nitrogen and oxygen atoms in total. The van der Waals surface area contributed by atoms with Gasteiger partial charge in [-0.15, -0.1) is 0 Å². The van der Waals surface area contributed by atoms with E-state index in [1.165, 1.54) is 0 Å². The Bertz CT molecular complexity index is 1530. The van der Waals surface area contributed by atoms with Crippen LogP contribution in [0.15, 0.2) is 53.6 Å². The topological polar surface area (TPSA) is 74.8 Å². The molecule has 0 N–H and O–H groups in total. The van der Waals surface area contributed by atoms with Gasteiger partial charge in [-0.2, -0.15) is 0 Å². The maximum absolute atomic E-state index is 13.5. The van der Waals surface area contributed by atoms with Gasteiger partial charge in [0.2, 0.25) is 0 Å². The van der Waals surface area contributed by atoms with Crippen molar-refractivity contribution in [3.63, 3.8) is 0 Å². The molecule has 0 bridgehead atoms. The summed E-state index contributed by atoms with van der Waals surface area (Å²) in [5.41, 5.74) is 3.47. The van der Waals surface area contributed by atoms with Crippen LogP contribution in [0.3, 0.4) is 0 Å². The van der Waals surface area contributed by atoms with E-state index in [0.717, 1.165) is 5.52 Å². The minimum absolute atomic E-state index is 0.167.